The normalized spacial score (nSPS) is 10.6. The van der Waals surface area contributed by atoms with Crippen LogP contribution in [0.15, 0.2) is 254 Å². The molecular weight excluding hydrogens is 2110 g/mol. The average molecular weight is 2200 g/mol. The van der Waals surface area contributed by atoms with Crippen LogP contribution in [-0.2, 0) is 99.6 Å². The third-order valence-electron chi connectivity index (χ3n) is 15.5. The Morgan fingerprint density at radius 2 is 0.589 bits per heavy atom. The van der Waals surface area contributed by atoms with Crippen LogP contribution in [0.3, 0.4) is 0 Å². The standard InChI is InChI=1S/C23H18N.2C18H16N.C17H14N.4C5H8O2.4Ir/c1-16-12-17(2)14-21(13-16)23-11-9-20-15-19(8-10-22(20)24-23)18-6-4-3-5-7-18;1-12-4-6-17-15(9-12)5-7-18(19-17)16-10-13(2)8-14(3)11-16;1-12-8-13(2)10-15(9-12)18-11-14(3)16-6-4-5-7-17(16)19-18;1-12-9-13(2)11-15(10-12)17-8-7-14-5-3-4-6-16(14)18-17;4*1-4(6)3-5(2)7;;;;/h3-13,15H,1-2H3;4-10H,1-3H3;4-9,11H,1-3H3;3-10H,1-2H3;4*3,6H,1-2H3;;;;/q4*-1;;;;;;;;. The van der Waals surface area contributed by atoms with E-state index in [9.17, 15) is 19.2 Å². The molecule has 4 radical (unpaired) electrons. The fourth-order valence-electron chi connectivity index (χ4n) is 11.5. The molecule has 13 aromatic rings. The molecule has 16 heteroatoms. The van der Waals surface area contributed by atoms with Crippen molar-refractivity contribution >= 4 is 66.7 Å². The van der Waals surface area contributed by atoms with Crippen LogP contribution in [0.5, 0.6) is 0 Å². The number of hydrogen-bond donors (Lipinski definition) is 4. The molecule has 9 aromatic carbocycles. The van der Waals surface area contributed by atoms with Crippen LogP contribution >= 0.6 is 0 Å². The van der Waals surface area contributed by atoms with Crippen LogP contribution in [0.2, 0.25) is 0 Å². The molecule has 0 saturated heterocycles. The molecule has 0 fully saturated rings. The summed E-state index contributed by atoms with van der Waals surface area (Å²) in [4.78, 5) is 59.1. The summed E-state index contributed by atoms with van der Waals surface area (Å²) in [5.74, 6) is -0.250. The minimum Gasteiger partial charge on any atom is -0.512 e. The number of pyridine rings is 4. The summed E-state index contributed by atoms with van der Waals surface area (Å²) >= 11 is 0. The minimum atomic E-state index is -0.125. The van der Waals surface area contributed by atoms with Crippen LogP contribution in [0.1, 0.15) is 111 Å². The minimum absolute atomic E-state index is 0. The van der Waals surface area contributed by atoms with Crippen LogP contribution in [0.25, 0.3) is 99.8 Å². The molecular formula is C96H96Ir4N4O8-4. The van der Waals surface area contributed by atoms with Crippen molar-refractivity contribution in [1.82, 2.24) is 19.9 Å². The number of aromatic nitrogens is 4. The van der Waals surface area contributed by atoms with Gasteiger partial charge in [-0.2, -0.15) is 0 Å². The Morgan fingerprint density at radius 1 is 0.277 bits per heavy atom. The number of aliphatic hydroxyl groups excluding tert-OH is 4. The van der Waals surface area contributed by atoms with E-state index in [4.69, 9.17) is 40.4 Å². The summed E-state index contributed by atoms with van der Waals surface area (Å²) in [6.07, 6.45) is 4.67. The number of carbonyl (C=O) groups excluding carboxylic acids is 4. The van der Waals surface area contributed by atoms with E-state index in [1.54, 1.807) is 0 Å². The van der Waals surface area contributed by atoms with Gasteiger partial charge in [0.25, 0.3) is 0 Å². The molecule has 0 aliphatic rings. The molecule has 0 saturated carbocycles. The van der Waals surface area contributed by atoms with Gasteiger partial charge >= 0.3 is 0 Å². The molecule has 13 rings (SSSR count). The Hall–Kier alpha value is -9.94. The van der Waals surface area contributed by atoms with Gasteiger partial charge in [0.2, 0.25) is 0 Å². The summed E-state index contributed by atoms with van der Waals surface area (Å²) in [6, 6.07) is 85.1. The van der Waals surface area contributed by atoms with Gasteiger partial charge in [0.15, 0.2) is 23.1 Å². The SMILES string of the molecule is CC(=O)C=C(C)O.CC(=O)C=C(C)O.CC(=O)C=C(C)O.CC(=O)C=C(C)O.Cc1[c-]c(-c2cc(C)c3ccccc3n2)cc(C)c1.Cc1[c-]c(-c2ccc3cc(-c4ccccc4)ccc3n2)cc(C)c1.Cc1[c-]c(-c2ccc3cc(C)ccc3n2)cc(C)c1.Cc1[c-]c(-c2ccc3ccccc3n2)cc(C)c1.[Ir].[Ir].[Ir].[Ir]. The maximum atomic E-state index is 10.0. The number of ketones is 4. The van der Waals surface area contributed by atoms with Gasteiger partial charge in [-0.05, 0) is 161 Å². The molecule has 4 N–H and O–H groups in total. The first-order valence-corrected chi connectivity index (χ1v) is 35.3. The molecule has 0 unspecified atom stereocenters. The maximum absolute atomic E-state index is 10.0. The van der Waals surface area contributed by atoms with Gasteiger partial charge < -0.3 is 20.4 Å². The first kappa shape index (κ1) is 98.1. The van der Waals surface area contributed by atoms with Crippen LogP contribution < -0.4 is 0 Å². The van der Waals surface area contributed by atoms with Crippen molar-refractivity contribution in [2.45, 2.75) is 125 Å². The predicted molar refractivity (Wildman–Crippen MR) is 445 cm³/mol. The van der Waals surface area contributed by atoms with E-state index in [1.807, 2.05) is 30.3 Å². The molecule has 0 atom stereocenters. The van der Waals surface area contributed by atoms with Crippen molar-refractivity contribution in [3.8, 4) is 56.2 Å². The van der Waals surface area contributed by atoms with E-state index in [0.717, 1.165) is 94.7 Å². The zero-order valence-corrected chi connectivity index (χ0v) is 76.1. The number of aliphatic hydroxyl groups is 4. The largest absolute Gasteiger partial charge is 0.512 e. The van der Waals surface area contributed by atoms with Gasteiger partial charge in [-0.3, -0.25) is 39.1 Å². The van der Waals surface area contributed by atoms with E-state index in [2.05, 4.69) is 269 Å². The summed E-state index contributed by atoms with van der Waals surface area (Å²) in [5.41, 5.74) is 26.9. The Kier molecular flexibility index (Phi) is 42.7. The van der Waals surface area contributed by atoms with Crippen molar-refractivity contribution in [2.75, 3.05) is 0 Å². The van der Waals surface area contributed by atoms with Crippen LogP contribution in [-0.4, -0.2) is 63.5 Å². The third kappa shape index (κ3) is 34.4. The average Bonchev–Trinajstić information content (AvgIpc) is 0.980. The topological polar surface area (TPSA) is 201 Å². The first-order valence-electron chi connectivity index (χ1n) is 35.3. The first-order chi connectivity index (χ1) is 51.2. The summed E-state index contributed by atoms with van der Waals surface area (Å²) in [6.45, 7) is 32.3. The van der Waals surface area contributed by atoms with Crippen molar-refractivity contribution in [2.24, 2.45) is 0 Å². The Balaban J connectivity index is 0.000000452. The van der Waals surface area contributed by atoms with Gasteiger partial charge in [-0.15, -0.1) is 140 Å². The zero-order chi connectivity index (χ0) is 79.3. The van der Waals surface area contributed by atoms with Gasteiger partial charge in [0, 0.05) is 110 Å². The number of benzene rings is 9. The van der Waals surface area contributed by atoms with E-state index in [0.29, 0.717) is 0 Å². The van der Waals surface area contributed by atoms with Crippen molar-refractivity contribution in [3.05, 3.63) is 333 Å². The quantitative estimate of drug-likeness (QED) is 0.0606. The maximum Gasteiger partial charge on any atom is 0.155 e. The molecule has 112 heavy (non-hydrogen) atoms. The number of aryl methyl sites for hydroxylation is 10. The summed E-state index contributed by atoms with van der Waals surface area (Å²) in [5, 5.41) is 38.2. The predicted octanol–water partition coefficient (Wildman–Crippen LogP) is 23.7. The Bertz CT molecular complexity index is 5270. The molecule has 0 aliphatic carbocycles. The van der Waals surface area contributed by atoms with Crippen molar-refractivity contribution < 1.29 is 120 Å². The zero-order valence-electron chi connectivity index (χ0n) is 66.5. The van der Waals surface area contributed by atoms with Crippen LogP contribution in [0.4, 0.5) is 0 Å². The third-order valence-corrected chi connectivity index (χ3v) is 15.5. The van der Waals surface area contributed by atoms with Crippen molar-refractivity contribution in [3.63, 3.8) is 0 Å². The van der Waals surface area contributed by atoms with Gasteiger partial charge in [0.1, 0.15) is 0 Å². The van der Waals surface area contributed by atoms with Crippen LogP contribution in [0, 0.1) is 93.5 Å². The molecule has 4 aromatic heterocycles. The van der Waals surface area contributed by atoms with E-state index < -0.39 is 0 Å². The molecule has 588 valence electrons. The fraction of sp³-hybridized carbons (Fsp3) is 0.188. The molecule has 12 nitrogen and oxygen atoms in total. The number of allylic oxidation sites excluding steroid dienone is 8. The molecule has 4 heterocycles. The number of para-hydroxylation sites is 2. The second kappa shape index (κ2) is 48.8. The fourth-order valence-corrected chi connectivity index (χ4v) is 11.5. The smallest absolute Gasteiger partial charge is 0.155 e. The molecule has 0 amide bonds. The number of rotatable bonds is 9. The number of nitrogens with zero attached hydrogens (tertiary/aromatic N) is 4. The van der Waals surface area contributed by atoms with Gasteiger partial charge in [-0.1, -0.05) is 182 Å². The number of carbonyl (C=O) groups is 4. The second-order valence-electron chi connectivity index (χ2n) is 26.7. The van der Waals surface area contributed by atoms with Crippen molar-refractivity contribution in [1.29, 1.82) is 0 Å². The summed E-state index contributed by atoms with van der Waals surface area (Å²) < 4.78 is 0. The summed E-state index contributed by atoms with van der Waals surface area (Å²) in [7, 11) is 0. The Labute approximate surface area is 714 Å². The Morgan fingerprint density at radius 3 is 0.955 bits per heavy atom. The van der Waals surface area contributed by atoms with Gasteiger partial charge in [-0.25, -0.2) is 0 Å². The van der Waals surface area contributed by atoms with E-state index >= 15 is 0 Å². The van der Waals surface area contributed by atoms with E-state index in [-0.39, 0.29) is 127 Å². The molecule has 0 aliphatic heterocycles. The number of hydrogen-bond acceptors (Lipinski definition) is 12. The number of fused-ring (bicyclic) bond motifs is 4. The van der Waals surface area contributed by atoms with E-state index in [1.165, 1.54) is 140 Å². The second-order valence-corrected chi connectivity index (χ2v) is 26.7. The molecule has 0 spiro atoms. The molecule has 0 bridgehead atoms. The van der Waals surface area contributed by atoms with Gasteiger partial charge in [0.05, 0.1) is 45.1 Å². The monoisotopic (exact) mass is 2200 g/mol.